The molecule has 0 aliphatic heterocycles. The highest BCUT2D eigenvalue weighted by Gasteiger charge is 2.44. The van der Waals surface area contributed by atoms with Crippen molar-refractivity contribution in [3.8, 4) is 5.75 Å². The van der Waals surface area contributed by atoms with Crippen molar-refractivity contribution in [3.63, 3.8) is 0 Å². The Hall–Kier alpha value is -2.96. The van der Waals surface area contributed by atoms with Gasteiger partial charge in [-0.25, -0.2) is 8.78 Å². The minimum atomic E-state index is -0.987. The smallest absolute Gasteiger partial charge is 0.279 e. The molecular formula is C19H18F2N2O3. The summed E-state index contributed by atoms with van der Waals surface area (Å²) in [5, 5.41) is 0. The monoisotopic (exact) mass is 360 g/mol. The zero-order valence-electron chi connectivity index (χ0n) is 14.0. The Morgan fingerprint density at radius 2 is 1.77 bits per heavy atom. The average Bonchev–Trinajstić information content (AvgIpc) is 3.42. The fourth-order valence-corrected chi connectivity index (χ4v) is 2.66. The molecule has 1 fully saturated rings. The molecule has 2 N–H and O–H groups in total. The second-order valence-corrected chi connectivity index (χ2v) is 6.17. The minimum Gasteiger partial charge on any atom is -0.478 e. The lowest BCUT2D eigenvalue weighted by molar-refractivity contribution is -0.133. The summed E-state index contributed by atoms with van der Waals surface area (Å²) in [5.41, 5.74) is 5.51. The highest BCUT2D eigenvalue weighted by molar-refractivity contribution is 5.87. The molecule has 2 aromatic rings. The van der Waals surface area contributed by atoms with Gasteiger partial charge in [-0.3, -0.25) is 20.4 Å². The van der Waals surface area contributed by atoms with Crippen LogP contribution in [0, 0.1) is 17.6 Å². The van der Waals surface area contributed by atoms with E-state index in [1.54, 1.807) is 18.2 Å². The van der Waals surface area contributed by atoms with Crippen molar-refractivity contribution in [2.45, 2.75) is 25.4 Å². The molecule has 0 heterocycles. The lowest BCUT2D eigenvalue weighted by Crippen LogP contribution is -2.47. The molecule has 3 atom stereocenters. The van der Waals surface area contributed by atoms with Gasteiger partial charge >= 0.3 is 0 Å². The summed E-state index contributed by atoms with van der Waals surface area (Å²) in [5.74, 6) is -2.13. The summed E-state index contributed by atoms with van der Waals surface area (Å²) < 4.78 is 31.7. The third-order valence-electron chi connectivity index (χ3n) is 4.24. The Morgan fingerprint density at radius 3 is 2.46 bits per heavy atom. The SMILES string of the molecule is CC(Oc1ccccc1F)C(=O)NNC(=O)C1CC1c1ccc(F)cc1. The van der Waals surface area contributed by atoms with Crippen molar-refractivity contribution in [1.29, 1.82) is 0 Å². The van der Waals surface area contributed by atoms with Gasteiger partial charge in [-0.1, -0.05) is 24.3 Å². The molecule has 5 nitrogen and oxygen atoms in total. The predicted octanol–water partition coefficient (Wildman–Crippen LogP) is 2.68. The first-order valence-electron chi connectivity index (χ1n) is 8.22. The Morgan fingerprint density at radius 1 is 1.08 bits per heavy atom. The standard InChI is InChI=1S/C19H18F2N2O3/c1-11(26-17-5-3-2-4-16(17)21)18(24)22-23-19(25)15-10-14(15)12-6-8-13(20)9-7-12/h2-9,11,14-15H,10H2,1H3,(H,22,24)(H,23,25). The van der Waals surface area contributed by atoms with Crippen LogP contribution in [0.1, 0.15) is 24.8 Å². The number of nitrogens with one attached hydrogen (secondary N) is 2. The van der Waals surface area contributed by atoms with Crippen LogP contribution in [-0.4, -0.2) is 17.9 Å². The second-order valence-electron chi connectivity index (χ2n) is 6.17. The molecule has 26 heavy (non-hydrogen) atoms. The van der Waals surface area contributed by atoms with Crippen LogP contribution in [0.2, 0.25) is 0 Å². The van der Waals surface area contributed by atoms with Crippen molar-refractivity contribution in [2.75, 3.05) is 0 Å². The van der Waals surface area contributed by atoms with E-state index in [4.69, 9.17) is 4.74 Å². The molecule has 0 saturated heterocycles. The number of benzene rings is 2. The van der Waals surface area contributed by atoms with Gasteiger partial charge in [0.2, 0.25) is 5.91 Å². The zero-order chi connectivity index (χ0) is 18.7. The molecule has 7 heteroatoms. The molecule has 3 rings (SSSR count). The maximum Gasteiger partial charge on any atom is 0.279 e. The molecule has 1 saturated carbocycles. The van der Waals surface area contributed by atoms with E-state index in [2.05, 4.69) is 10.9 Å². The third kappa shape index (κ3) is 4.17. The number of ether oxygens (including phenoxy) is 1. The number of carbonyl (C=O) groups is 2. The fraction of sp³-hybridized carbons (Fsp3) is 0.263. The van der Waals surface area contributed by atoms with Crippen molar-refractivity contribution in [2.24, 2.45) is 5.92 Å². The summed E-state index contributed by atoms with van der Waals surface area (Å²) in [6.45, 7) is 1.45. The summed E-state index contributed by atoms with van der Waals surface area (Å²) in [4.78, 5) is 24.1. The predicted molar refractivity (Wildman–Crippen MR) is 90.0 cm³/mol. The van der Waals surface area contributed by atoms with Gasteiger partial charge in [-0.15, -0.1) is 0 Å². The first kappa shape index (κ1) is 17.8. The van der Waals surface area contributed by atoms with Crippen LogP contribution >= 0.6 is 0 Å². The molecule has 2 aromatic carbocycles. The van der Waals surface area contributed by atoms with Crippen LogP contribution < -0.4 is 15.6 Å². The van der Waals surface area contributed by atoms with E-state index in [0.717, 1.165) is 5.56 Å². The van der Waals surface area contributed by atoms with Gasteiger partial charge in [0.15, 0.2) is 17.7 Å². The van der Waals surface area contributed by atoms with E-state index in [9.17, 15) is 18.4 Å². The second kappa shape index (κ2) is 7.51. The number of para-hydroxylation sites is 1. The number of hydrogen-bond acceptors (Lipinski definition) is 3. The Balaban J connectivity index is 1.46. The summed E-state index contributed by atoms with van der Waals surface area (Å²) in [7, 11) is 0. The minimum absolute atomic E-state index is 0.0135. The number of rotatable bonds is 5. The van der Waals surface area contributed by atoms with Crippen LogP contribution in [0.25, 0.3) is 0 Å². The molecule has 0 aromatic heterocycles. The summed E-state index contributed by atoms with van der Waals surface area (Å²) in [6.07, 6.45) is -0.353. The number of halogens is 2. The van der Waals surface area contributed by atoms with Gasteiger partial charge in [-0.2, -0.15) is 0 Å². The van der Waals surface area contributed by atoms with E-state index in [0.29, 0.717) is 6.42 Å². The van der Waals surface area contributed by atoms with Gasteiger partial charge in [0.25, 0.3) is 5.91 Å². The van der Waals surface area contributed by atoms with Gasteiger partial charge < -0.3 is 4.74 Å². The van der Waals surface area contributed by atoms with E-state index in [-0.39, 0.29) is 29.3 Å². The van der Waals surface area contributed by atoms with E-state index < -0.39 is 17.8 Å². The topological polar surface area (TPSA) is 67.4 Å². The number of carbonyl (C=O) groups excluding carboxylic acids is 2. The van der Waals surface area contributed by atoms with Crippen LogP contribution in [0.4, 0.5) is 8.78 Å². The van der Waals surface area contributed by atoms with Crippen molar-refractivity contribution < 1.29 is 23.1 Å². The molecule has 0 bridgehead atoms. The normalized spacial score (nSPS) is 19.3. The first-order chi connectivity index (χ1) is 12.5. The Bertz CT molecular complexity index is 811. The molecule has 0 radical (unpaired) electrons. The number of amides is 2. The van der Waals surface area contributed by atoms with Crippen molar-refractivity contribution >= 4 is 11.8 Å². The summed E-state index contributed by atoms with van der Waals surface area (Å²) in [6, 6.07) is 11.7. The molecular weight excluding hydrogens is 342 g/mol. The molecule has 3 unspecified atom stereocenters. The summed E-state index contributed by atoms with van der Waals surface area (Å²) >= 11 is 0. The quantitative estimate of drug-likeness (QED) is 0.806. The zero-order valence-corrected chi connectivity index (χ0v) is 14.0. The van der Waals surface area contributed by atoms with Gasteiger partial charge in [0, 0.05) is 5.92 Å². The van der Waals surface area contributed by atoms with E-state index in [1.165, 1.54) is 37.3 Å². The number of hydrazine groups is 1. The maximum absolute atomic E-state index is 13.5. The molecule has 2 amide bonds. The maximum atomic E-state index is 13.5. The third-order valence-corrected chi connectivity index (χ3v) is 4.24. The highest BCUT2D eigenvalue weighted by atomic mass is 19.1. The van der Waals surface area contributed by atoms with Gasteiger partial charge in [0.05, 0.1) is 0 Å². The van der Waals surface area contributed by atoms with Crippen LogP contribution in [0.3, 0.4) is 0 Å². The largest absolute Gasteiger partial charge is 0.478 e. The fourth-order valence-electron chi connectivity index (χ4n) is 2.66. The van der Waals surface area contributed by atoms with Crippen molar-refractivity contribution in [1.82, 2.24) is 10.9 Å². The molecule has 1 aliphatic rings. The first-order valence-corrected chi connectivity index (χ1v) is 8.22. The number of hydrogen-bond donors (Lipinski definition) is 2. The Labute approximate surface area is 149 Å². The van der Waals surface area contributed by atoms with Crippen LogP contribution in [0.5, 0.6) is 5.75 Å². The van der Waals surface area contributed by atoms with Crippen LogP contribution in [0.15, 0.2) is 48.5 Å². The van der Waals surface area contributed by atoms with Gasteiger partial charge in [0.1, 0.15) is 5.82 Å². The van der Waals surface area contributed by atoms with Crippen molar-refractivity contribution in [3.05, 3.63) is 65.7 Å². The molecule has 0 spiro atoms. The van der Waals surface area contributed by atoms with Crippen LogP contribution in [-0.2, 0) is 9.59 Å². The molecule has 136 valence electrons. The highest BCUT2D eigenvalue weighted by Crippen LogP contribution is 2.47. The van der Waals surface area contributed by atoms with Gasteiger partial charge in [-0.05, 0) is 49.1 Å². The van der Waals surface area contributed by atoms with E-state index >= 15 is 0 Å². The van der Waals surface area contributed by atoms with E-state index in [1.807, 2.05) is 0 Å². The molecule has 1 aliphatic carbocycles. The lowest BCUT2D eigenvalue weighted by Gasteiger charge is -2.15. The Kier molecular flexibility index (Phi) is 5.16. The average molecular weight is 360 g/mol. The lowest BCUT2D eigenvalue weighted by atomic mass is 10.1.